The van der Waals surface area contributed by atoms with Crippen LogP contribution in [0, 0.1) is 40.9 Å². The Morgan fingerprint density at radius 1 is 1.39 bits per heavy atom. The minimum atomic E-state index is -0.948. The molecule has 6 heteroatoms. The van der Waals surface area contributed by atoms with Crippen molar-refractivity contribution in [3.63, 3.8) is 0 Å². The first-order valence-corrected chi connectivity index (χ1v) is 8.46. The summed E-state index contributed by atoms with van der Waals surface area (Å²) in [5.74, 6) is 2.02. The number of nitrogens with zero attached hydrogens (tertiary/aromatic N) is 1. The first-order chi connectivity index (χ1) is 10.8. The SMILES string of the molecule is CC(C)(C)OC(=O)NN1C(=O)[C@@H]2[C@H]3C4C=CC([C@@H]5C[C@H]45)[C@]23C1O. The van der Waals surface area contributed by atoms with Crippen LogP contribution in [0.15, 0.2) is 12.2 Å². The van der Waals surface area contributed by atoms with E-state index in [1.54, 1.807) is 20.8 Å². The highest BCUT2D eigenvalue weighted by atomic mass is 16.6. The van der Waals surface area contributed by atoms with Crippen LogP contribution in [0.5, 0.6) is 0 Å². The van der Waals surface area contributed by atoms with Gasteiger partial charge >= 0.3 is 6.09 Å². The lowest BCUT2D eigenvalue weighted by Crippen LogP contribution is -2.55. The molecule has 2 amide bonds. The van der Waals surface area contributed by atoms with Crippen molar-refractivity contribution < 1.29 is 19.4 Å². The molecule has 1 aliphatic heterocycles. The molecule has 8 atom stereocenters. The van der Waals surface area contributed by atoms with Gasteiger partial charge in [-0.05, 0) is 56.8 Å². The van der Waals surface area contributed by atoms with Gasteiger partial charge in [0.2, 0.25) is 5.91 Å². The molecule has 6 nitrogen and oxygen atoms in total. The fourth-order valence-electron chi connectivity index (χ4n) is 5.87. The molecular formula is C17H22N2O4. The van der Waals surface area contributed by atoms with Crippen molar-refractivity contribution in [1.29, 1.82) is 0 Å². The largest absolute Gasteiger partial charge is 0.443 e. The van der Waals surface area contributed by atoms with E-state index in [1.807, 2.05) is 0 Å². The van der Waals surface area contributed by atoms with Crippen LogP contribution in [0.2, 0.25) is 0 Å². The number of nitrogens with one attached hydrogen (secondary N) is 1. The molecule has 1 spiro atoms. The van der Waals surface area contributed by atoms with Crippen molar-refractivity contribution in [2.24, 2.45) is 40.9 Å². The molecule has 23 heavy (non-hydrogen) atoms. The molecule has 2 bridgehead atoms. The highest BCUT2D eigenvalue weighted by molar-refractivity contribution is 5.89. The fraction of sp³-hybridized carbons (Fsp3) is 0.765. The lowest BCUT2D eigenvalue weighted by molar-refractivity contribution is -0.148. The summed E-state index contributed by atoms with van der Waals surface area (Å²) >= 11 is 0. The second-order valence-corrected chi connectivity index (χ2v) is 8.75. The maximum Gasteiger partial charge on any atom is 0.426 e. The maximum absolute atomic E-state index is 12.7. The number of hydrogen-bond donors (Lipinski definition) is 2. The predicted octanol–water partition coefficient (Wildman–Crippen LogP) is 1.27. The number of hydrazine groups is 1. The number of carbonyl (C=O) groups is 2. The molecule has 0 aromatic carbocycles. The highest BCUT2D eigenvalue weighted by Gasteiger charge is 2.88. The smallest absolute Gasteiger partial charge is 0.426 e. The molecule has 0 aromatic rings. The van der Waals surface area contributed by atoms with E-state index in [-0.39, 0.29) is 29.1 Å². The predicted molar refractivity (Wildman–Crippen MR) is 79.4 cm³/mol. The summed E-state index contributed by atoms with van der Waals surface area (Å²) in [5.41, 5.74) is 1.44. The second kappa shape index (κ2) is 3.74. The van der Waals surface area contributed by atoms with Crippen molar-refractivity contribution in [1.82, 2.24) is 10.4 Å². The Morgan fingerprint density at radius 2 is 2.13 bits per heavy atom. The van der Waals surface area contributed by atoms with E-state index in [4.69, 9.17) is 4.74 Å². The number of piperidine rings is 1. The summed E-state index contributed by atoms with van der Waals surface area (Å²) in [7, 11) is 0. The first-order valence-electron chi connectivity index (χ1n) is 8.46. The van der Waals surface area contributed by atoms with E-state index >= 15 is 0 Å². The number of allylic oxidation sites excluding steroid dienone is 2. The maximum atomic E-state index is 12.7. The molecule has 0 radical (unpaired) electrons. The molecule has 4 fully saturated rings. The number of aliphatic hydroxyl groups excluding tert-OH is 1. The zero-order valence-electron chi connectivity index (χ0n) is 13.5. The van der Waals surface area contributed by atoms with Gasteiger partial charge < -0.3 is 9.84 Å². The lowest BCUT2D eigenvalue weighted by atomic mass is 9.68. The molecule has 1 heterocycles. The molecule has 3 unspecified atom stereocenters. The van der Waals surface area contributed by atoms with Crippen molar-refractivity contribution in [2.45, 2.75) is 39.0 Å². The standard InChI is InChI=1S/C17H22N2O4/c1-16(2,3)23-15(22)18-19-13(20)12-11-7-4-5-10(9-6-8(7)9)17(11,12)14(19)21/h4-5,7-12,14,21H,6H2,1-3H3,(H,18,22)/t7?,8-,9-,10?,11-,12+,14?,17-/m1/s1. The summed E-state index contributed by atoms with van der Waals surface area (Å²) < 4.78 is 5.20. The average Bonchev–Trinajstić information content (AvgIpc) is 3.30. The van der Waals surface area contributed by atoms with Crippen LogP contribution in [0.4, 0.5) is 4.79 Å². The van der Waals surface area contributed by atoms with E-state index < -0.39 is 17.9 Å². The molecule has 124 valence electrons. The van der Waals surface area contributed by atoms with Gasteiger partial charge in [0.05, 0.1) is 5.92 Å². The number of aliphatic hydroxyl groups is 1. The van der Waals surface area contributed by atoms with Gasteiger partial charge in [0, 0.05) is 5.41 Å². The average molecular weight is 318 g/mol. The molecule has 3 saturated carbocycles. The number of carbonyl (C=O) groups excluding carboxylic acids is 2. The normalized spacial score (nSPS) is 51.0. The first kappa shape index (κ1) is 13.8. The fourth-order valence-corrected chi connectivity index (χ4v) is 5.87. The molecule has 6 rings (SSSR count). The summed E-state index contributed by atoms with van der Waals surface area (Å²) in [6.07, 6.45) is 4.05. The minimum absolute atomic E-state index is 0.148. The van der Waals surface area contributed by atoms with Crippen molar-refractivity contribution in [2.75, 3.05) is 0 Å². The van der Waals surface area contributed by atoms with Gasteiger partial charge in [-0.25, -0.2) is 15.2 Å². The van der Waals surface area contributed by atoms with Crippen molar-refractivity contribution >= 4 is 12.0 Å². The lowest BCUT2D eigenvalue weighted by Gasteiger charge is -2.41. The zero-order valence-corrected chi connectivity index (χ0v) is 13.5. The monoisotopic (exact) mass is 318 g/mol. The Bertz CT molecular complexity index is 653. The van der Waals surface area contributed by atoms with Gasteiger partial charge in [0.25, 0.3) is 0 Å². The summed E-state index contributed by atoms with van der Waals surface area (Å²) in [5, 5.41) is 12.0. The topological polar surface area (TPSA) is 78.9 Å². The summed E-state index contributed by atoms with van der Waals surface area (Å²) in [6, 6.07) is 0. The van der Waals surface area contributed by atoms with Gasteiger partial charge in [0.15, 0.2) is 6.23 Å². The van der Waals surface area contributed by atoms with E-state index in [0.717, 1.165) is 10.9 Å². The number of amides is 2. The minimum Gasteiger partial charge on any atom is -0.443 e. The van der Waals surface area contributed by atoms with E-state index in [2.05, 4.69) is 17.6 Å². The third-order valence-corrected chi connectivity index (χ3v) is 6.55. The van der Waals surface area contributed by atoms with Crippen LogP contribution >= 0.6 is 0 Å². The molecule has 6 aliphatic rings. The van der Waals surface area contributed by atoms with Crippen molar-refractivity contribution in [3.8, 4) is 0 Å². The van der Waals surface area contributed by atoms with E-state index in [1.165, 1.54) is 6.42 Å². The Balaban J connectivity index is 1.39. The molecular weight excluding hydrogens is 296 g/mol. The summed E-state index contributed by atoms with van der Waals surface area (Å²) in [6.45, 7) is 5.29. The molecule has 2 N–H and O–H groups in total. The number of ether oxygens (including phenoxy) is 1. The number of hydrogen-bond acceptors (Lipinski definition) is 4. The quantitative estimate of drug-likeness (QED) is 0.714. The van der Waals surface area contributed by atoms with Crippen LogP contribution < -0.4 is 5.43 Å². The third kappa shape index (κ3) is 1.48. The van der Waals surface area contributed by atoms with Gasteiger partial charge in [-0.1, -0.05) is 12.2 Å². The van der Waals surface area contributed by atoms with Gasteiger partial charge in [-0.3, -0.25) is 4.79 Å². The Kier molecular flexibility index (Phi) is 2.25. The third-order valence-electron chi connectivity index (χ3n) is 6.55. The van der Waals surface area contributed by atoms with E-state index in [0.29, 0.717) is 11.8 Å². The van der Waals surface area contributed by atoms with Gasteiger partial charge in [-0.2, -0.15) is 0 Å². The highest BCUT2D eigenvalue weighted by Crippen LogP contribution is 2.84. The van der Waals surface area contributed by atoms with Crippen LogP contribution in [0.3, 0.4) is 0 Å². The Hall–Kier alpha value is -1.56. The Morgan fingerprint density at radius 3 is 2.83 bits per heavy atom. The van der Waals surface area contributed by atoms with E-state index in [9.17, 15) is 14.7 Å². The number of rotatable bonds is 1. The molecule has 1 saturated heterocycles. The molecule has 5 aliphatic carbocycles. The Labute approximate surface area is 134 Å². The van der Waals surface area contributed by atoms with Crippen LogP contribution in [-0.2, 0) is 9.53 Å². The summed E-state index contributed by atoms with van der Waals surface area (Å²) in [4.78, 5) is 24.7. The van der Waals surface area contributed by atoms with Crippen LogP contribution in [0.25, 0.3) is 0 Å². The zero-order chi connectivity index (χ0) is 16.3. The second-order valence-electron chi connectivity index (χ2n) is 8.75. The van der Waals surface area contributed by atoms with Crippen molar-refractivity contribution in [3.05, 3.63) is 12.2 Å². The van der Waals surface area contributed by atoms with Gasteiger partial charge in [0.1, 0.15) is 5.60 Å². The molecule has 0 aromatic heterocycles. The van der Waals surface area contributed by atoms with Gasteiger partial charge in [-0.15, -0.1) is 0 Å². The van der Waals surface area contributed by atoms with Crippen LogP contribution in [-0.4, -0.2) is 33.9 Å². The van der Waals surface area contributed by atoms with Crippen LogP contribution in [0.1, 0.15) is 27.2 Å².